The van der Waals surface area contributed by atoms with Gasteiger partial charge in [-0.3, -0.25) is 0 Å². The maximum Gasteiger partial charge on any atom is 0.505 e. The van der Waals surface area contributed by atoms with Gasteiger partial charge in [0.15, 0.2) is 0 Å². The molecule has 0 aliphatic carbocycles. The van der Waals surface area contributed by atoms with Crippen LogP contribution in [-0.4, -0.2) is 41.8 Å². The van der Waals surface area contributed by atoms with Crippen molar-refractivity contribution in [3.8, 4) is 0 Å². The Hall–Kier alpha value is -0.810. The van der Waals surface area contributed by atoms with Crippen LogP contribution in [0.15, 0.2) is 0 Å². The quantitative estimate of drug-likeness (QED) is 0.573. The molecular formula is C8H18O5. The van der Waals surface area contributed by atoms with E-state index in [9.17, 15) is 0 Å². The van der Waals surface area contributed by atoms with E-state index in [1.54, 1.807) is 0 Å². The third-order valence-corrected chi connectivity index (χ3v) is 1.42. The second-order valence-electron chi connectivity index (χ2n) is 2.60. The molecule has 0 fully saturated rings. The number of rotatable bonds is 4. The van der Waals surface area contributed by atoms with Gasteiger partial charge in [-0.25, -0.2) is 4.79 Å². The summed E-state index contributed by atoms with van der Waals surface area (Å²) in [4.78, 5) is 9.15. The molecule has 0 saturated heterocycles. The molecule has 5 heteroatoms. The number of methoxy groups -OCH3 is 1. The van der Waals surface area contributed by atoms with Gasteiger partial charge in [0.2, 0.25) is 0 Å². The van der Waals surface area contributed by atoms with E-state index in [2.05, 4.69) is 4.74 Å². The maximum absolute atomic E-state index is 9.15. The molecule has 80 valence electrons. The highest BCUT2D eigenvalue weighted by atomic mass is 16.6. The summed E-state index contributed by atoms with van der Waals surface area (Å²) in [6.45, 7) is 2.49. The largest absolute Gasteiger partial charge is 0.505 e. The molecule has 0 aliphatic heterocycles. The first-order valence-electron chi connectivity index (χ1n) is 4.07. The SMILES string of the molecule is CC(CCO)CCO.COC(=O)O. The molecule has 3 N–H and O–H groups in total. The van der Waals surface area contributed by atoms with Crippen molar-refractivity contribution >= 4 is 6.16 Å². The summed E-state index contributed by atoms with van der Waals surface area (Å²) in [6, 6.07) is 0. The molecule has 0 aliphatic rings. The van der Waals surface area contributed by atoms with E-state index >= 15 is 0 Å². The van der Waals surface area contributed by atoms with Crippen LogP contribution in [0, 0.1) is 5.92 Å². The van der Waals surface area contributed by atoms with Crippen LogP contribution < -0.4 is 0 Å². The highest BCUT2D eigenvalue weighted by Crippen LogP contribution is 2.03. The molecule has 0 saturated carbocycles. The normalized spacial score (nSPS) is 9.00. The van der Waals surface area contributed by atoms with Crippen LogP contribution in [0.3, 0.4) is 0 Å². The average molecular weight is 194 g/mol. The molecule has 13 heavy (non-hydrogen) atoms. The first-order chi connectivity index (χ1) is 6.08. The molecule has 0 rings (SSSR count). The molecule has 0 spiro atoms. The Morgan fingerprint density at radius 3 is 1.77 bits per heavy atom. The molecule has 0 unspecified atom stereocenters. The van der Waals surface area contributed by atoms with Crippen molar-refractivity contribution in [1.82, 2.24) is 0 Å². The van der Waals surface area contributed by atoms with E-state index in [4.69, 9.17) is 20.1 Å². The van der Waals surface area contributed by atoms with Gasteiger partial charge in [0, 0.05) is 13.2 Å². The van der Waals surface area contributed by atoms with Gasteiger partial charge in [-0.2, -0.15) is 0 Å². The van der Waals surface area contributed by atoms with Gasteiger partial charge in [0.25, 0.3) is 0 Å². The Bertz CT molecular complexity index is 109. The fourth-order valence-electron chi connectivity index (χ4n) is 0.585. The van der Waals surface area contributed by atoms with Crippen LogP contribution in [0.5, 0.6) is 0 Å². The number of aliphatic hydroxyl groups is 2. The van der Waals surface area contributed by atoms with Crippen molar-refractivity contribution < 1.29 is 24.9 Å². The van der Waals surface area contributed by atoms with Crippen molar-refractivity contribution in [3.05, 3.63) is 0 Å². The van der Waals surface area contributed by atoms with E-state index in [1.165, 1.54) is 0 Å². The highest BCUT2D eigenvalue weighted by Gasteiger charge is 1.97. The van der Waals surface area contributed by atoms with E-state index in [1.807, 2.05) is 6.92 Å². The number of aliphatic hydroxyl groups excluding tert-OH is 2. The standard InChI is InChI=1S/C6H14O2.C2H4O3/c1-6(2-4-7)3-5-8;1-5-2(3)4/h6-8H,2-5H2,1H3;1H3,(H,3,4). The molecule has 0 atom stereocenters. The van der Waals surface area contributed by atoms with Gasteiger partial charge in [-0.1, -0.05) is 6.92 Å². The third-order valence-electron chi connectivity index (χ3n) is 1.42. The summed E-state index contributed by atoms with van der Waals surface area (Å²) in [5, 5.41) is 24.3. The summed E-state index contributed by atoms with van der Waals surface area (Å²) in [7, 11) is 1.10. The molecule has 0 bridgehead atoms. The Morgan fingerprint density at radius 2 is 1.62 bits per heavy atom. The highest BCUT2D eigenvalue weighted by molar-refractivity contribution is 5.56. The summed E-state index contributed by atoms with van der Waals surface area (Å²) < 4.78 is 3.67. The van der Waals surface area contributed by atoms with Crippen molar-refractivity contribution in [2.75, 3.05) is 20.3 Å². The predicted octanol–water partition coefficient (Wildman–Crippen LogP) is 0.698. The van der Waals surface area contributed by atoms with E-state index < -0.39 is 6.16 Å². The number of hydrogen-bond donors (Lipinski definition) is 3. The summed E-state index contributed by atoms with van der Waals surface area (Å²) in [5.74, 6) is 0.463. The molecule has 0 aromatic carbocycles. The van der Waals surface area contributed by atoms with Gasteiger partial charge < -0.3 is 20.1 Å². The van der Waals surface area contributed by atoms with Crippen LogP contribution in [-0.2, 0) is 4.74 Å². The zero-order chi connectivity index (χ0) is 10.7. The summed E-state index contributed by atoms with van der Waals surface area (Å²) >= 11 is 0. The molecule has 5 nitrogen and oxygen atoms in total. The van der Waals surface area contributed by atoms with Gasteiger partial charge in [0.05, 0.1) is 7.11 Å². The van der Waals surface area contributed by atoms with E-state index in [0.29, 0.717) is 5.92 Å². The van der Waals surface area contributed by atoms with Crippen LogP contribution in [0.2, 0.25) is 0 Å². The first kappa shape index (κ1) is 14.7. The Balaban J connectivity index is 0. The van der Waals surface area contributed by atoms with Crippen molar-refractivity contribution in [1.29, 1.82) is 0 Å². The second-order valence-corrected chi connectivity index (χ2v) is 2.60. The van der Waals surface area contributed by atoms with Gasteiger partial charge in [-0.15, -0.1) is 0 Å². The molecule has 0 amide bonds. The fraction of sp³-hybridized carbons (Fsp3) is 0.875. The average Bonchev–Trinajstić information content (AvgIpc) is 2.06. The van der Waals surface area contributed by atoms with Crippen LogP contribution in [0.25, 0.3) is 0 Å². The van der Waals surface area contributed by atoms with Crippen LogP contribution >= 0.6 is 0 Å². The van der Waals surface area contributed by atoms with E-state index in [0.717, 1.165) is 20.0 Å². The molecule has 0 aromatic heterocycles. The van der Waals surface area contributed by atoms with Gasteiger partial charge in [-0.05, 0) is 18.8 Å². The smallest absolute Gasteiger partial charge is 0.450 e. The first-order valence-corrected chi connectivity index (χ1v) is 4.07. The van der Waals surface area contributed by atoms with Crippen molar-refractivity contribution in [3.63, 3.8) is 0 Å². The topological polar surface area (TPSA) is 87.0 Å². The molecule has 0 radical (unpaired) electrons. The van der Waals surface area contributed by atoms with Gasteiger partial charge >= 0.3 is 6.16 Å². The lowest BCUT2D eigenvalue weighted by Gasteiger charge is -2.04. The Kier molecular flexibility index (Phi) is 12.7. The minimum Gasteiger partial charge on any atom is -0.450 e. The Labute approximate surface area is 78.0 Å². The minimum absolute atomic E-state index is 0.237. The molecular weight excluding hydrogens is 176 g/mol. The second kappa shape index (κ2) is 11.2. The van der Waals surface area contributed by atoms with Gasteiger partial charge in [0.1, 0.15) is 0 Å². The number of carbonyl (C=O) groups is 1. The third kappa shape index (κ3) is 18.3. The number of hydrogen-bond acceptors (Lipinski definition) is 4. The lowest BCUT2D eigenvalue weighted by Crippen LogP contribution is -1.99. The number of ether oxygens (including phenoxy) is 1. The van der Waals surface area contributed by atoms with Crippen LogP contribution in [0.4, 0.5) is 4.79 Å². The van der Waals surface area contributed by atoms with Crippen molar-refractivity contribution in [2.45, 2.75) is 19.8 Å². The lowest BCUT2D eigenvalue weighted by atomic mass is 10.1. The molecule has 0 heterocycles. The van der Waals surface area contributed by atoms with Crippen LogP contribution in [0.1, 0.15) is 19.8 Å². The zero-order valence-corrected chi connectivity index (χ0v) is 8.06. The monoisotopic (exact) mass is 194 g/mol. The number of carboxylic acid groups (broad SMARTS) is 1. The summed E-state index contributed by atoms with van der Waals surface area (Å²) in [5.41, 5.74) is 0. The maximum atomic E-state index is 9.15. The van der Waals surface area contributed by atoms with E-state index in [-0.39, 0.29) is 13.2 Å². The Morgan fingerprint density at radius 1 is 1.31 bits per heavy atom. The zero-order valence-electron chi connectivity index (χ0n) is 8.06. The minimum atomic E-state index is -1.25. The summed E-state index contributed by atoms with van der Waals surface area (Å²) in [6.07, 6.45) is 0.367. The lowest BCUT2D eigenvalue weighted by molar-refractivity contribution is 0.114. The predicted molar refractivity (Wildman–Crippen MR) is 47.6 cm³/mol. The van der Waals surface area contributed by atoms with Crippen molar-refractivity contribution in [2.24, 2.45) is 5.92 Å². The molecule has 0 aromatic rings. The fourth-order valence-corrected chi connectivity index (χ4v) is 0.585.